The van der Waals surface area contributed by atoms with Crippen molar-refractivity contribution in [3.63, 3.8) is 0 Å². The van der Waals surface area contributed by atoms with Crippen LogP contribution in [-0.2, 0) is 6.42 Å². The van der Waals surface area contributed by atoms with Crippen LogP contribution in [0.15, 0.2) is 61.1 Å². The molecule has 0 saturated heterocycles. The van der Waals surface area contributed by atoms with E-state index in [1.165, 1.54) is 34.2 Å². The zero-order chi connectivity index (χ0) is 19.8. The summed E-state index contributed by atoms with van der Waals surface area (Å²) in [5.74, 6) is 0.597. The molecule has 5 rings (SSSR count). The molecular formula is C23H19FN4S. The van der Waals surface area contributed by atoms with Gasteiger partial charge < -0.3 is 10.3 Å². The number of benzene rings is 2. The zero-order valence-corrected chi connectivity index (χ0v) is 16.7. The maximum absolute atomic E-state index is 13.2. The van der Waals surface area contributed by atoms with Gasteiger partial charge in [0.25, 0.3) is 0 Å². The zero-order valence-electron chi connectivity index (χ0n) is 15.9. The van der Waals surface area contributed by atoms with E-state index in [9.17, 15) is 4.39 Å². The van der Waals surface area contributed by atoms with Crippen LogP contribution in [0, 0.1) is 12.7 Å². The van der Waals surface area contributed by atoms with Crippen molar-refractivity contribution < 1.29 is 4.39 Å². The number of fused-ring (bicyclic) bond motifs is 2. The van der Waals surface area contributed by atoms with Gasteiger partial charge in [0.05, 0.1) is 5.39 Å². The molecule has 29 heavy (non-hydrogen) atoms. The Kier molecular flexibility index (Phi) is 4.48. The molecule has 0 bridgehead atoms. The van der Waals surface area contributed by atoms with Crippen LogP contribution >= 0.6 is 11.3 Å². The number of aromatic amines is 1. The van der Waals surface area contributed by atoms with E-state index >= 15 is 0 Å². The second-order valence-electron chi connectivity index (χ2n) is 7.10. The predicted octanol–water partition coefficient (Wildman–Crippen LogP) is 5.94. The Morgan fingerprint density at radius 2 is 1.90 bits per heavy atom. The quantitative estimate of drug-likeness (QED) is 0.382. The Morgan fingerprint density at radius 3 is 2.76 bits per heavy atom. The standard InChI is InChI=1S/C23H19FN4S/c1-14-2-7-18-16(12-26-20(18)10-14)8-9-25-22-19-11-21(29-23(19)28-13-27-22)15-3-5-17(24)6-4-15/h2-7,10-13,26H,8-9H2,1H3,(H,25,27,28). The second-order valence-corrected chi connectivity index (χ2v) is 8.13. The molecule has 0 amide bonds. The summed E-state index contributed by atoms with van der Waals surface area (Å²) in [6.45, 7) is 2.87. The summed E-state index contributed by atoms with van der Waals surface area (Å²) >= 11 is 1.59. The van der Waals surface area contributed by atoms with Crippen LogP contribution in [0.25, 0.3) is 31.6 Å². The molecule has 3 aromatic heterocycles. The lowest BCUT2D eigenvalue weighted by molar-refractivity contribution is 0.628. The molecule has 3 heterocycles. The number of halogens is 1. The number of H-pyrrole nitrogens is 1. The molecule has 4 nitrogen and oxygen atoms in total. The van der Waals surface area contributed by atoms with Crippen molar-refractivity contribution in [1.82, 2.24) is 15.0 Å². The monoisotopic (exact) mass is 402 g/mol. The predicted molar refractivity (Wildman–Crippen MR) is 118 cm³/mol. The fraction of sp³-hybridized carbons (Fsp3) is 0.130. The molecule has 6 heteroatoms. The van der Waals surface area contributed by atoms with E-state index in [0.717, 1.165) is 39.4 Å². The van der Waals surface area contributed by atoms with E-state index in [-0.39, 0.29) is 5.82 Å². The normalized spacial score (nSPS) is 11.4. The van der Waals surface area contributed by atoms with Gasteiger partial charge in [0.1, 0.15) is 22.8 Å². The van der Waals surface area contributed by atoms with Gasteiger partial charge in [-0.05, 0) is 54.3 Å². The first-order valence-corrected chi connectivity index (χ1v) is 10.3. The van der Waals surface area contributed by atoms with Crippen molar-refractivity contribution in [2.75, 3.05) is 11.9 Å². The third kappa shape index (κ3) is 3.47. The van der Waals surface area contributed by atoms with Gasteiger partial charge in [0.2, 0.25) is 0 Å². The Balaban J connectivity index is 1.36. The smallest absolute Gasteiger partial charge is 0.138 e. The summed E-state index contributed by atoms with van der Waals surface area (Å²) in [6, 6.07) is 15.1. The minimum Gasteiger partial charge on any atom is -0.369 e. The van der Waals surface area contributed by atoms with Crippen molar-refractivity contribution in [2.45, 2.75) is 13.3 Å². The maximum Gasteiger partial charge on any atom is 0.138 e. The number of hydrogen-bond donors (Lipinski definition) is 2. The van der Waals surface area contributed by atoms with Crippen molar-refractivity contribution in [3.05, 3.63) is 78.0 Å². The van der Waals surface area contributed by atoms with Gasteiger partial charge in [-0.1, -0.05) is 24.3 Å². The fourth-order valence-electron chi connectivity index (χ4n) is 3.58. The Hall–Kier alpha value is -3.25. The molecule has 5 aromatic rings. The van der Waals surface area contributed by atoms with E-state index in [1.807, 2.05) is 0 Å². The highest BCUT2D eigenvalue weighted by molar-refractivity contribution is 7.21. The van der Waals surface area contributed by atoms with Gasteiger partial charge in [-0.2, -0.15) is 0 Å². The van der Waals surface area contributed by atoms with Gasteiger partial charge in [0.15, 0.2) is 0 Å². The molecule has 0 fully saturated rings. The Bertz CT molecular complexity index is 1300. The summed E-state index contributed by atoms with van der Waals surface area (Å²) in [5, 5.41) is 5.71. The van der Waals surface area contributed by atoms with Crippen molar-refractivity contribution >= 4 is 38.3 Å². The fourth-order valence-corrected chi connectivity index (χ4v) is 4.58. The van der Waals surface area contributed by atoms with Crippen molar-refractivity contribution in [3.8, 4) is 10.4 Å². The maximum atomic E-state index is 13.2. The number of aromatic nitrogens is 3. The van der Waals surface area contributed by atoms with Crippen LogP contribution in [0.1, 0.15) is 11.1 Å². The van der Waals surface area contributed by atoms with E-state index in [0.29, 0.717) is 0 Å². The van der Waals surface area contributed by atoms with Crippen LogP contribution in [0.3, 0.4) is 0 Å². The minimum atomic E-state index is -0.232. The van der Waals surface area contributed by atoms with E-state index in [2.05, 4.69) is 57.7 Å². The molecule has 0 aliphatic heterocycles. The van der Waals surface area contributed by atoms with Crippen LogP contribution in [0.5, 0.6) is 0 Å². The molecule has 2 aromatic carbocycles. The highest BCUT2D eigenvalue weighted by Crippen LogP contribution is 2.35. The molecule has 144 valence electrons. The van der Waals surface area contributed by atoms with E-state index in [4.69, 9.17) is 0 Å². The summed E-state index contributed by atoms with van der Waals surface area (Å²) in [6.07, 6.45) is 4.56. The lowest BCUT2D eigenvalue weighted by Crippen LogP contribution is -2.06. The van der Waals surface area contributed by atoms with Crippen LogP contribution < -0.4 is 5.32 Å². The molecular weight excluding hydrogens is 383 g/mol. The topological polar surface area (TPSA) is 53.6 Å². The van der Waals surface area contributed by atoms with Crippen molar-refractivity contribution in [2.24, 2.45) is 0 Å². The number of hydrogen-bond acceptors (Lipinski definition) is 4. The molecule has 0 spiro atoms. The highest BCUT2D eigenvalue weighted by atomic mass is 32.1. The molecule has 0 saturated carbocycles. The van der Waals surface area contributed by atoms with Gasteiger partial charge in [-0.25, -0.2) is 14.4 Å². The average Bonchev–Trinajstić information content (AvgIpc) is 3.33. The first-order valence-electron chi connectivity index (χ1n) is 9.48. The van der Waals surface area contributed by atoms with Crippen molar-refractivity contribution in [1.29, 1.82) is 0 Å². The second kappa shape index (κ2) is 7.29. The first kappa shape index (κ1) is 17.8. The van der Waals surface area contributed by atoms with E-state index in [1.54, 1.807) is 29.8 Å². The number of thiophene rings is 1. The summed E-state index contributed by atoms with van der Waals surface area (Å²) in [7, 11) is 0. The molecule has 0 atom stereocenters. The number of nitrogens with one attached hydrogen (secondary N) is 2. The first-order chi connectivity index (χ1) is 14.2. The molecule has 0 unspecified atom stereocenters. The average molecular weight is 402 g/mol. The molecule has 0 aliphatic carbocycles. The lowest BCUT2D eigenvalue weighted by Gasteiger charge is -2.06. The number of nitrogens with zero attached hydrogens (tertiary/aromatic N) is 2. The number of aryl methyl sites for hydroxylation is 1. The van der Waals surface area contributed by atoms with Gasteiger partial charge in [0, 0.05) is 28.5 Å². The third-order valence-corrected chi connectivity index (χ3v) is 6.16. The Labute approximate surface area is 171 Å². The van der Waals surface area contributed by atoms with Crippen LogP contribution in [0.4, 0.5) is 10.2 Å². The third-order valence-electron chi connectivity index (χ3n) is 5.07. The van der Waals surface area contributed by atoms with Crippen LogP contribution in [-0.4, -0.2) is 21.5 Å². The number of rotatable bonds is 5. The summed E-state index contributed by atoms with van der Waals surface area (Å²) < 4.78 is 13.2. The lowest BCUT2D eigenvalue weighted by atomic mass is 10.1. The summed E-state index contributed by atoms with van der Waals surface area (Å²) in [4.78, 5) is 14.2. The molecule has 0 radical (unpaired) electrons. The largest absolute Gasteiger partial charge is 0.369 e. The SMILES string of the molecule is Cc1ccc2c(CCNc3ncnc4sc(-c5ccc(F)cc5)cc34)c[nH]c2c1. The van der Waals surface area contributed by atoms with E-state index < -0.39 is 0 Å². The molecule has 2 N–H and O–H groups in total. The van der Waals surface area contributed by atoms with Crippen LogP contribution in [0.2, 0.25) is 0 Å². The number of anilines is 1. The minimum absolute atomic E-state index is 0.232. The highest BCUT2D eigenvalue weighted by Gasteiger charge is 2.11. The summed E-state index contributed by atoms with van der Waals surface area (Å²) in [5.41, 5.74) is 4.69. The molecule has 0 aliphatic rings. The van der Waals surface area contributed by atoms with Gasteiger partial charge >= 0.3 is 0 Å². The van der Waals surface area contributed by atoms with Gasteiger partial charge in [-0.3, -0.25) is 0 Å². The van der Waals surface area contributed by atoms with Gasteiger partial charge in [-0.15, -0.1) is 11.3 Å². The Morgan fingerprint density at radius 1 is 1.03 bits per heavy atom.